The molecule has 4 N–H and O–H groups in total. The minimum absolute atomic E-state index is 0.0441. The fraction of sp³-hybridized carbons (Fsp3) is 0.417. The first-order valence-electron chi connectivity index (χ1n) is 5.69. The van der Waals surface area contributed by atoms with Crippen molar-refractivity contribution in [3.05, 3.63) is 16.9 Å². The summed E-state index contributed by atoms with van der Waals surface area (Å²) in [5.41, 5.74) is 3.57. The predicted octanol–water partition coefficient (Wildman–Crippen LogP) is 1.73. The Bertz CT molecular complexity index is 567. The zero-order chi connectivity index (χ0) is 15.7. The molecule has 8 heteroatoms. The van der Waals surface area contributed by atoms with E-state index in [0.29, 0.717) is 0 Å². The summed E-state index contributed by atoms with van der Waals surface area (Å²) in [4.78, 5) is 34.0. The number of aryl methyl sites for hydroxylation is 1. The summed E-state index contributed by atoms with van der Waals surface area (Å²) in [7, 11) is 0. The molecule has 20 heavy (non-hydrogen) atoms. The molecule has 0 saturated carbocycles. The van der Waals surface area contributed by atoms with Gasteiger partial charge in [-0.25, -0.2) is 9.59 Å². The predicted molar refractivity (Wildman–Crippen MR) is 68.8 cm³/mol. The first kappa shape index (κ1) is 15.5. The van der Waals surface area contributed by atoms with Gasteiger partial charge >= 0.3 is 12.1 Å². The molecule has 1 rings (SSSR count). The molecule has 0 saturated heterocycles. The van der Waals surface area contributed by atoms with Gasteiger partial charge in [-0.3, -0.25) is 10.1 Å². The van der Waals surface area contributed by atoms with Crippen molar-refractivity contribution in [2.75, 3.05) is 5.32 Å². The third kappa shape index (κ3) is 3.50. The van der Waals surface area contributed by atoms with Crippen LogP contribution >= 0.6 is 0 Å². The van der Waals surface area contributed by atoms with Crippen molar-refractivity contribution >= 4 is 23.9 Å². The average molecular weight is 284 g/mol. The third-order valence-electron chi connectivity index (χ3n) is 2.16. The van der Waals surface area contributed by atoms with Gasteiger partial charge in [0.25, 0.3) is 5.91 Å². The number of ether oxygens (including phenoxy) is 1. The number of carbonyl (C=O) groups excluding carboxylic acids is 2. The van der Waals surface area contributed by atoms with Crippen molar-refractivity contribution in [2.45, 2.75) is 33.3 Å². The minimum Gasteiger partial charge on any atom is -0.478 e. The van der Waals surface area contributed by atoms with E-state index in [1.165, 1.54) is 6.92 Å². The molecule has 0 fully saturated rings. The van der Waals surface area contributed by atoms with E-state index in [1.807, 2.05) is 0 Å². The van der Waals surface area contributed by atoms with Crippen molar-refractivity contribution in [1.82, 2.24) is 0 Å². The number of nitrogens with one attached hydrogen (secondary N) is 1. The molecule has 0 spiro atoms. The Hall–Kier alpha value is -2.51. The third-order valence-corrected chi connectivity index (χ3v) is 2.16. The molecule has 1 aromatic heterocycles. The summed E-state index contributed by atoms with van der Waals surface area (Å²) < 4.78 is 10.0. The van der Waals surface area contributed by atoms with Crippen LogP contribution in [0, 0.1) is 6.92 Å². The van der Waals surface area contributed by atoms with Gasteiger partial charge < -0.3 is 20.0 Å². The van der Waals surface area contributed by atoms with Crippen molar-refractivity contribution in [2.24, 2.45) is 5.73 Å². The van der Waals surface area contributed by atoms with Crippen LogP contribution in [-0.4, -0.2) is 28.7 Å². The standard InChI is InChI=1S/C12H16N2O6/c1-5-6(10(16)17)7(8(13)15)9(19-5)14-11(18)20-12(2,3)4/h1-4H3,(H2,13,15)(H,14,18)(H,16,17). The molecule has 0 aliphatic heterocycles. The topological polar surface area (TPSA) is 132 Å². The quantitative estimate of drug-likeness (QED) is 0.774. The number of rotatable bonds is 3. The van der Waals surface area contributed by atoms with Crippen LogP contribution in [-0.2, 0) is 4.74 Å². The second kappa shape index (κ2) is 5.24. The van der Waals surface area contributed by atoms with Crippen LogP contribution < -0.4 is 11.1 Å². The molecule has 1 aromatic rings. The Kier molecular flexibility index (Phi) is 4.07. The van der Waals surface area contributed by atoms with E-state index in [-0.39, 0.29) is 17.2 Å². The number of primary amides is 1. The van der Waals surface area contributed by atoms with Crippen LogP contribution in [0.1, 0.15) is 47.2 Å². The maximum absolute atomic E-state index is 11.6. The van der Waals surface area contributed by atoms with Gasteiger partial charge in [-0.15, -0.1) is 0 Å². The Morgan fingerprint density at radius 1 is 1.25 bits per heavy atom. The molecule has 8 nitrogen and oxygen atoms in total. The van der Waals surface area contributed by atoms with E-state index in [4.69, 9.17) is 20.0 Å². The smallest absolute Gasteiger partial charge is 0.414 e. The van der Waals surface area contributed by atoms with Gasteiger partial charge in [-0.05, 0) is 27.7 Å². The second-order valence-electron chi connectivity index (χ2n) is 5.03. The molecule has 0 aromatic carbocycles. The van der Waals surface area contributed by atoms with Crippen LogP contribution in [0.4, 0.5) is 10.7 Å². The van der Waals surface area contributed by atoms with Crippen molar-refractivity contribution < 1.29 is 28.6 Å². The fourth-order valence-corrected chi connectivity index (χ4v) is 1.52. The number of amides is 2. The van der Waals surface area contributed by atoms with Gasteiger partial charge in [0, 0.05) is 0 Å². The zero-order valence-electron chi connectivity index (χ0n) is 11.6. The van der Waals surface area contributed by atoms with Gasteiger partial charge in [0.1, 0.15) is 22.5 Å². The monoisotopic (exact) mass is 284 g/mol. The summed E-state index contributed by atoms with van der Waals surface area (Å²) >= 11 is 0. The SMILES string of the molecule is Cc1oc(NC(=O)OC(C)(C)C)c(C(N)=O)c1C(=O)O. The molecule has 0 aliphatic carbocycles. The number of furan rings is 1. The van der Waals surface area contributed by atoms with Crippen LogP contribution in [0.3, 0.4) is 0 Å². The van der Waals surface area contributed by atoms with Gasteiger partial charge in [-0.2, -0.15) is 0 Å². The van der Waals surface area contributed by atoms with E-state index in [1.54, 1.807) is 20.8 Å². The Labute approximate surface area is 114 Å². The lowest BCUT2D eigenvalue weighted by molar-refractivity contribution is 0.0630. The van der Waals surface area contributed by atoms with Crippen LogP contribution in [0.2, 0.25) is 0 Å². The first-order chi connectivity index (χ1) is 9.03. The highest BCUT2D eigenvalue weighted by Crippen LogP contribution is 2.27. The lowest BCUT2D eigenvalue weighted by Gasteiger charge is -2.19. The van der Waals surface area contributed by atoms with E-state index in [2.05, 4.69) is 5.32 Å². The number of carbonyl (C=O) groups is 3. The summed E-state index contributed by atoms with van der Waals surface area (Å²) in [6.45, 7) is 6.29. The molecule has 0 radical (unpaired) electrons. The number of anilines is 1. The molecule has 0 aliphatic rings. The fourth-order valence-electron chi connectivity index (χ4n) is 1.52. The van der Waals surface area contributed by atoms with Crippen molar-refractivity contribution in [1.29, 1.82) is 0 Å². The summed E-state index contributed by atoms with van der Waals surface area (Å²) in [6, 6.07) is 0. The Balaban J connectivity index is 3.14. The van der Waals surface area contributed by atoms with Crippen molar-refractivity contribution in [3.8, 4) is 0 Å². The van der Waals surface area contributed by atoms with Gasteiger partial charge in [-0.1, -0.05) is 0 Å². The molecule has 110 valence electrons. The van der Waals surface area contributed by atoms with Gasteiger partial charge in [0.15, 0.2) is 0 Å². The van der Waals surface area contributed by atoms with E-state index in [0.717, 1.165) is 0 Å². The molecular formula is C12H16N2O6. The van der Waals surface area contributed by atoms with E-state index < -0.39 is 29.1 Å². The van der Waals surface area contributed by atoms with Gasteiger partial charge in [0.2, 0.25) is 5.88 Å². The molecule has 0 atom stereocenters. The highest BCUT2D eigenvalue weighted by molar-refractivity contribution is 6.09. The molecule has 1 heterocycles. The van der Waals surface area contributed by atoms with Crippen molar-refractivity contribution in [3.63, 3.8) is 0 Å². The highest BCUT2D eigenvalue weighted by atomic mass is 16.6. The van der Waals surface area contributed by atoms with Crippen LogP contribution in [0.25, 0.3) is 0 Å². The Morgan fingerprint density at radius 2 is 1.80 bits per heavy atom. The molecule has 0 unspecified atom stereocenters. The number of hydrogen-bond acceptors (Lipinski definition) is 5. The number of hydrogen-bond donors (Lipinski definition) is 3. The largest absolute Gasteiger partial charge is 0.478 e. The number of aromatic carboxylic acids is 1. The average Bonchev–Trinajstić information content (AvgIpc) is 2.51. The zero-order valence-corrected chi connectivity index (χ0v) is 11.6. The summed E-state index contributed by atoms with van der Waals surface area (Å²) in [6.07, 6.45) is -0.884. The molecular weight excluding hydrogens is 268 g/mol. The van der Waals surface area contributed by atoms with Crippen LogP contribution in [0.15, 0.2) is 4.42 Å². The maximum atomic E-state index is 11.6. The first-order valence-corrected chi connectivity index (χ1v) is 5.69. The lowest BCUT2D eigenvalue weighted by Crippen LogP contribution is -2.28. The second-order valence-corrected chi connectivity index (χ2v) is 5.03. The van der Waals surface area contributed by atoms with E-state index in [9.17, 15) is 14.4 Å². The highest BCUT2D eigenvalue weighted by Gasteiger charge is 2.29. The summed E-state index contributed by atoms with van der Waals surface area (Å²) in [5, 5.41) is 11.2. The number of carboxylic acids is 1. The summed E-state index contributed by atoms with van der Waals surface area (Å²) in [5.74, 6) is -2.79. The normalized spacial score (nSPS) is 11.0. The lowest BCUT2D eigenvalue weighted by atomic mass is 10.1. The van der Waals surface area contributed by atoms with E-state index >= 15 is 0 Å². The molecule has 0 bridgehead atoms. The molecule has 2 amide bonds. The minimum atomic E-state index is -1.38. The number of nitrogens with two attached hydrogens (primary N) is 1. The Morgan fingerprint density at radius 3 is 2.20 bits per heavy atom. The van der Waals surface area contributed by atoms with Crippen LogP contribution in [0.5, 0.6) is 0 Å². The maximum Gasteiger partial charge on any atom is 0.414 e. The van der Waals surface area contributed by atoms with Gasteiger partial charge in [0.05, 0.1) is 0 Å². The number of carboxylic acid groups (broad SMARTS) is 1.